The van der Waals surface area contributed by atoms with Gasteiger partial charge in [0.2, 0.25) is 0 Å². The number of nitrogens with two attached hydrogens (primary N) is 1. The summed E-state index contributed by atoms with van der Waals surface area (Å²) in [4.78, 5) is 2.37. The largest absolute Gasteiger partial charge is 0.395 e. The number of hydrogen-bond donors (Lipinski definition) is 2. The van der Waals surface area contributed by atoms with Gasteiger partial charge in [-0.15, -0.1) is 0 Å². The number of hydrogen-bond acceptors (Lipinski definition) is 3. The van der Waals surface area contributed by atoms with E-state index in [-0.39, 0.29) is 12.6 Å². The van der Waals surface area contributed by atoms with Gasteiger partial charge in [-0.25, -0.2) is 0 Å². The van der Waals surface area contributed by atoms with E-state index in [1.165, 1.54) is 32.1 Å². The molecule has 90 valence electrons. The number of nitrogens with zero attached hydrogens (tertiary/aromatic N) is 1. The van der Waals surface area contributed by atoms with Crippen LogP contribution in [-0.2, 0) is 0 Å². The van der Waals surface area contributed by atoms with Crippen LogP contribution in [0.5, 0.6) is 0 Å². The molecule has 1 saturated heterocycles. The van der Waals surface area contributed by atoms with Gasteiger partial charge in [-0.05, 0) is 38.3 Å². The summed E-state index contributed by atoms with van der Waals surface area (Å²) < 4.78 is 0. The Kier molecular flexibility index (Phi) is 6.22. The molecule has 3 heteroatoms. The van der Waals surface area contributed by atoms with Crippen LogP contribution in [0.2, 0.25) is 0 Å². The van der Waals surface area contributed by atoms with E-state index >= 15 is 0 Å². The van der Waals surface area contributed by atoms with Crippen molar-refractivity contribution in [1.82, 2.24) is 4.90 Å². The van der Waals surface area contributed by atoms with E-state index in [9.17, 15) is 5.11 Å². The van der Waals surface area contributed by atoms with E-state index in [1.54, 1.807) is 0 Å². The van der Waals surface area contributed by atoms with Crippen molar-refractivity contribution in [3.05, 3.63) is 0 Å². The summed E-state index contributed by atoms with van der Waals surface area (Å²) in [5, 5.41) is 9.22. The molecule has 1 aliphatic rings. The second kappa shape index (κ2) is 7.20. The van der Waals surface area contributed by atoms with Gasteiger partial charge >= 0.3 is 0 Å². The Labute approximate surface area is 93.6 Å². The summed E-state index contributed by atoms with van der Waals surface area (Å²) in [6, 6.07) is 0.186. The van der Waals surface area contributed by atoms with Crippen LogP contribution in [0.25, 0.3) is 0 Å². The minimum absolute atomic E-state index is 0.186. The highest BCUT2D eigenvalue weighted by atomic mass is 16.3. The minimum atomic E-state index is 0.186. The molecule has 1 fully saturated rings. The van der Waals surface area contributed by atoms with Crippen LogP contribution in [-0.4, -0.2) is 42.3 Å². The second-order valence-corrected chi connectivity index (χ2v) is 4.69. The van der Waals surface area contributed by atoms with Crippen molar-refractivity contribution in [3.8, 4) is 0 Å². The van der Waals surface area contributed by atoms with Crippen LogP contribution in [0.1, 0.15) is 39.0 Å². The van der Waals surface area contributed by atoms with Gasteiger partial charge in [-0.3, -0.25) is 4.90 Å². The van der Waals surface area contributed by atoms with Gasteiger partial charge in [0.1, 0.15) is 0 Å². The highest BCUT2D eigenvalue weighted by Crippen LogP contribution is 2.22. The number of aliphatic hydroxyl groups excluding tert-OH is 1. The van der Waals surface area contributed by atoms with Gasteiger partial charge < -0.3 is 10.8 Å². The Morgan fingerprint density at radius 2 is 2.20 bits per heavy atom. The molecule has 1 rings (SSSR count). The number of rotatable bonds is 5. The molecule has 0 aliphatic carbocycles. The SMILES string of the molecule is CCCC1CCCN(C(CN)CO)CC1. The molecule has 0 saturated carbocycles. The summed E-state index contributed by atoms with van der Waals surface area (Å²) in [5.41, 5.74) is 5.66. The highest BCUT2D eigenvalue weighted by molar-refractivity contribution is 4.76. The van der Waals surface area contributed by atoms with E-state index in [0.717, 1.165) is 19.0 Å². The third kappa shape index (κ3) is 4.09. The Hall–Kier alpha value is -0.120. The summed E-state index contributed by atoms with van der Waals surface area (Å²) in [5.74, 6) is 0.900. The van der Waals surface area contributed by atoms with E-state index in [4.69, 9.17) is 5.73 Å². The van der Waals surface area contributed by atoms with Gasteiger partial charge in [-0.2, -0.15) is 0 Å². The molecule has 0 aromatic carbocycles. The third-order valence-electron chi connectivity index (χ3n) is 3.58. The summed E-state index contributed by atoms with van der Waals surface area (Å²) in [6.07, 6.45) is 6.56. The number of likely N-dealkylation sites (tertiary alicyclic amines) is 1. The first-order valence-electron chi connectivity index (χ1n) is 6.36. The zero-order chi connectivity index (χ0) is 11.1. The molecule has 0 bridgehead atoms. The van der Waals surface area contributed by atoms with E-state index < -0.39 is 0 Å². The molecule has 0 radical (unpaired) electrons. The highest BCUT2D eigenvalue weighted by Gasteiger charge is 2.21. The van der Waals surface area contributed by atoms with Crippen LogP contribution in [0, 0.1) is 5.92 Å². The maximum atomic E-state index is 9.22. The lowest BCUT2D eigenvalue weighted by Crippen LogP contribution is -2.43. The van der Waals surface area contributed by atoms with Crippen molar-refractivity contribution in [1.29, 1.82) is 0 Å². The topological polar surface area (TPSA) is 49.5 Å². The first-order valence-corrected chi connectivity index (χ1v) is 6.36. The molecule has 3 nitrogen and oxygen atoms in total. The van der Waals surface area contributed by atoms with Crippen molar-refractivity contribution >= 4 is 0 Å². The van der Waals surface area contributed by atoms with Gasteiger partial charge in [-0.1, -0.05) is 19.8 Å². The minimum Gasteiger partial charge on any atom is -0.395 e. The summed E-state index contributed by atoms with van der Waals surface area (Å²) in [6.45, 7) is 5.28. The van der Waals surface area contributed by atoms with Crippen molar-refractivity contribution in [2.45, 2.75) is 45.1 Å². The summed E-state index contributed by atoms with van der Waals surface area (Å²) in [7, 11) is 0. The molecule has 0 aromatic rings. The zero-order valence-electron chi connectivity index (χ0n) is 9.99. The van der Waals surface area contributed by atoms with Crippen molar-refractivity contribution in [2.75, 3.05) is 26.2 Å². The fraction of sp³-hybridized carbons (Fsp3) is 1.00. The lowest BCUT2D eigenvalue weighted by Gasteiger charge is -2.28. The molecule has 0 aromatic heterocycles. The predicted molar refractivity (Wildman–Crippen MR) is 63.8 cm³/mol. The first kappa shape index (κ1) is 12.9. The van der Waals surface area contributed by atoms with Gasteiger partial charge in [0, 0.05) is 12.6 Å². The molecule has 0 spiro atoms. The standard InChI is InChI=1S/C12H26N2O/c1-2-4-11-5-3-7-14(8-6-11)12(9-13)10-15/h11-12,15H,2-10,13H2,1H3. The fourth-order valence-corrected chi connectivity index (χ4v) is 2.59. The lowest BCUT2D eigenvalue weighted by atomic mass is 9.96. The quantitative estimate of drug-likeness (QED) is 0.723. The van der Waals surface area contributed by atoms with E-state index in [0.29, 0.717) is 6.54 Å². The molecule has 15 heavy (non-hydrogen) atoms. The van der Waals surface area contributed by atoms with Crippen LogP contribution in [0.4, 0.5) is 0 Å². The van der Waals surface area contributed by atoms with Crippen LogP contribution in [0.15, 0.2) is 0 Å². The van der Waals surface area contributed by atoms with Crippen LogP contribution < -0.4 is 5.73 Å². The molecule has 2 unspecified atom stereocenters. The Balaban J connectivity index is 2.37. The Bertz CT molecular complexity index is 160. The lowest BCUT2D eigenvalue weighted by molar-refractivity contribution is 0.130. The first-order chi connectivity index (χ1) is 7.31. The maximum absolute atomic E-state index is 9.22. The average molecular weight is 214 g/mol. The van der Waals surface area contributed by atoms with Gasteiger partial charge in [0.15, 0.2) is 0 Å². The van der Waals surface area contributed by atoms with E-state index in [2.05, 4.69) is 11.8 Å². The van der Waals surface area contributed by atoms with Gasteiger partial charge in [0.25, 0.3) is 0 Å². The van der Waals surface area contributed by atoms with Crippen molar-refractivity contribution in [2.24, 2.45) is 11.7 Å². The Morgan fingerprint density at radius 1 is 1.40 bits per heavy atom. The predicted octanol–water partition coefficient (Wildman–Crippen LogP) is 1.21. The monoisotopic (exact) mass is 214 g/mol. The van der Waals surface area contributed by atoms with Gasteiger partial charge in [0.05, 0.1) is 6.61 Å². The zero-order valence-corrected chi connectivity index (χ0v) is 9.99. The molecule has 1 aliphatic heterocycles. The van der Waals surface area contributed by atoms with Crippen LogP contribution >= 0.6 is 0 Å². The molecule has 0 amide bonds. The summed E-state index contributed by atoms with van der Waals surface area (Å²) >= 11 is 0. The molecule has 2 atom stereocenters. The van der Waals surface area contributed by atoms with Crippen LogP contribution in [0.3, 0.4) is 0 Å². The molecule has 3 N–H and O–H groups in total. The number of aliphatic hydroxyl groups is 1. The molecule has 1 heterocycles. The van der Waals surface area contributed by atoms with Crippen molar-refractivity contribution in [3.63, 3.8) is 0 Å². The van der Waals surface area contributed by atoms with E-state index in [1.807, 2.05) is 0 Å². The average Bonchev–Trinajstić information content (AvgIpc) is 2.47. The van der Waals surface area contributed by atoms with Crippen molar-refractivity contribution < 1.29 is 5.11 Å². The second-order valence-electron chi connectivity index (χ2n) is 4.69. The molecular formula is C12H26N2O. The fourth-order valence-electron chi connectivity index (χ4n) is 2.59. The smallest absolute Gasteiger partial charge is 0.0599 e. The Morgan fingerprint density at radius 3 is 2.80 bits per heavy atom. The normalized spacial score (nSPS) is 26.2. The molecular weight excluding hydrogens is 188 g/mol. The third-order valence-corrected chi connectivity index (χ3v) is 3.58. The maximum Gasteiger partial charge on any atom is 0.0599 e.